The van der Waals surface area contributed by atoms with E-state index in [1.165, 1.54) is 21.2 Å². The summed E-state index contributed by atoms with van der Waals surface area (Å²) in [7, 11) is -1.24. The first-order valence-electron chi connectivity index (χ1n) is 12.6. The Hall–Kier alpha value is -2.30. The number of hydrogen-bond donors (Lipinski definition) is 1. The first kappa shape index (κ1) is 25.8. The van der Waals surface area contributed by atoms with Crippen LogP contribution in [-0.4, -0.2) is 16.9 Å². The minimum Gasteiger partial charge on any atom is -0.324 e. The lowest BCUT2D eigenvalue weighted by Crippen LogP contribution is -2.58. The highest BCUT2D eigenvalue weighted by atomic mass is 31.1. The first-order chi connectivity index (χ1) is 17.1. The Bertz CT molecular complexity index is 981. The SMILES string of the molecule is CCCC(N)(C(C)P(c1ccccc1)c1ccccc1)C(C)P(c1ccccc1)c1ccccc1. The Labute approximate surface area is 214 Å². The van der Waals surface area contributed by atoms with E-state index >= 15 is 0 Å². The van der Waals surface area contributed by atoms with Crippen LogP contribution in [0.15, 0.2) is 121 Å². The average molecular weight is 498 g/mol. The minimum atomic E-state index is -0.621. The maximum absolute atomic E-state index is 7.68. The predicted molar refractivity (Wildman–Crippen MR) is 159 cm³/mol. The first-order valence-corrected chi connectivity index (χ1v) is 15.5. The van der Waals surface area contributed by atoms with Gasteiger partial charge in [0, 0.05) is 16.9 Å². The monoisotopic (exact) mass is 497 g/mol. The van der Waals surface area contributed by atoms with Gasteiger partial charge in [0.1, 0.15) is 0 Å². The molecule has 1 nitrogen and oxygen atoms in total. The van der Waals surface area contributed by atoms with Crippen LogP contribution < -0.4 is 27.0 Å². The van der Waals surface area contributed by atoms with Crippen LogP contribution in [-0.2, 0) is 0 Å². The van der Waals surface area contributed by atoms with Gasteiger partial charge >= 0.3 is 0 Å². The molecule has 0 amide bonds. The van der Waals surface area contributed by atoms with Crippen molar-refractivity contribution in [2.45, 2.75) is 50.5 Å². The maximum atomic E-state index is 7.68. The zero-order chi connectivity index (χ0) is 24.7. The average Bonchev–Trinajstić information content (AvgIpc) is 2.91. The summed E-state index contributed by atoms with van der Waals surface area (Å²) in [6.45, 7) is 7.12. The van der Waals surface area contributed by atoms with Crippen LogP contribution in [0.25, 0.3) is 0 Å². The lowest BCUT2D eigenvalue weighted by atomic mass is 9.88. The van der Waals surface area contributed by atoms with Crippen molar-refractivity contribution in [2.24, 2.45) is 5.73 Å². The molecule has 0 aliphatic heterocycles. The molecule has 180 valence electrons. The van der Waals surface area contributed by atoms with E-state index < -0.39 is 15.8 Å². The Morgan fingerprint density at radius 2 is 0.800 bits per heavy atom. The van der Waals surface area contributed by atoms with Crippen molar-refractivity contribution in [3.63, 3.8) is 0 Å². The Balaban J connectivity index is 1.83. The van der Waals surface area contributed by atoms with Crippen molar-refractivity contribution in [1.29, 1.82) is 0 Å². The summed E-state index contributed by atoms with van der Waals surface area (Å²) in [5.74, 6) is 0. The van der Waals surface area contributed by atoms with E-state index in [4.69, 9.17) is 5.73 Å². The lowest BCUT2D eigenvalue weighted by Gasteiger charge is -2.47. The van der Waals surface area contributed by atoms with Crippen LogP contribution in [0.4, 0.5) is 0 Å². The van der Waals surface area contributed by atoms with Gasteiger partial charge in [-0.25, -0.2) is 0 Å². The highest BCUT2D eigenvalue weighted by Crippen LogP contribution is 2.53. The van der Waals surface area contributed by atoms with Crippen molar-refractivity contribution in [3.8, 4) is 0 Å². The summed E-state index contributed by atoms with van der Waals surface area (Å²) >= 11 is 0. The number of hydrogen-bond acceptors (Lipinski definition) is 1. The van der Waals surface area contributed by atoms with Gasteiger partial charge in [0.2, 0.25) is 0 Å². The van der Waals surface area contributed by atoms with E-state index in [2.05, 4.69) is 142 Å². The van der Waals surface area contributed by atoms with Crippen molar-refractivity contribution < 1.29 is 0 Å². The molecule has 35 heavy (non-hydrogen) atoms. The van der Waals surface area contributed by atoms with Gasteiger partial charge in [0.25, 0.3) is 0 Å². The molecule has 0 aromatic heterocycles. The molecule has 0 saturated heterocycles. The largest absolute Gasteiger partial charge is 0.324 e. The summed E-state index contributed by atoms with van der Waals surface area (Å²) in [6.07, 6.45) is 2.08. The molecule has 0 spiro atoms. The molecule has 0 fully saturated rings. The normalized spacial score (nSPS) is 15.0. The molecule has 2 unspecified atom stereocenters. The van der Waals surface area contributed by atoms with Crippen LogP contribution in [0.3, 0.4) is 0 Å². The van der Waals surface area contributed by atoms with E-state index in [9.17, 15) is 0 Å². The standard InChI is InChI=1S/C32H37NP2/c1-4-25-32(33,26(2)34(28-17-9-5-10-18-28)29-19-11-6-12-20-29)27(3)35(30-21-13-7-14-22-30)31-23-15-8-16-24-31/h5-24,26-27H,4,25,33H2,1-3H3. The zero-order valence-electron chi connectivity index (χ0n) is 21.1. The van der Waals surface area contributed by atoms with Crippen LogP contribution in [0, 0.1) is 0 Å². The fourth-order valence-electron chi connectivity index (χ4n) is 5.23. The summed E-state index contributed by atoms with van der Waals surface area (Å²) in [5, 5.41) is 5.62. The summed E-state index contributed by atoms with van der Waals surface area (Å²) in [4.78, 5) is 0. The molecule has 4 aromatic rings. The zero-order valence-corrected chi connectivity index (χ0v) is 22.9. The molecular weight excluding hydrogens is 460 g/mol. The molecule has 2 N–H and O–H groups in total. The highest BCUT2D eigenvalue weighted by Gasteiger charge is 2.45. The van der Waals surface area contributed by atoms with Gasteiger partial charge in [-0.05, 0) is 43.5 Å². The van der Waals surface area contributed by atoms with Gasteiger partial charge in [-0.1, -0.05) is 149 Å². The second kappa shape index (κ2) is 12.1. The van der Waals surface area contributed by atoms with Gasteiger partial charge in [0.15, 0.2) is 0 Å². The topological polar surface area (TPSA) is 26.0 Å². The Morgan fingerprint density at radius 3 is 1.03 bits per heavy atom. The molecule has 0 heterocycles. The molecule has 0 radical (unpaired) electrons. The predicted octanol–water partition coefficient (Wildman–Crippen LogP) is 6.53. The Kier molecular flexibility index (Phi) is 8.91. The molecule has 0 aliphatic carbocycles. The molecule has 4 rings (SSSR count). The number of nitrogens with two attached hydrogens (primary N) is 1. The van der Waals surface area contributed by atoms with Crippen molar-refractivity contribution in [3.05, 3.63) is 121 Å². The lowest BCUT2D eigenvalue weighted by molar-refractivity contribution is 0.378. The van der Waals surface area contributed by atoms with Gasteiger partial charge in [-0.15, -0.1) is 0 Å². The van der Waals surface area contributed by atoms with Crippen LogP contribution in [0.2, 0.25) is 0 Å². The smallest absolute Gasteiger partial charge is 0.0297 e. The fraction of sp³-hybridized carbons (Fsp3) is 0.250. The van der Waals surface area contributed by atoms with Crippen molar-refractivity contribution >= 4 is 37.1 Å². The summed E-state index contributed by atoms with van der Waals surface area (Å²) in [6, 6.07) is 44.2. The maximum Gasteiger partial charge on any atom is 0.0297 e. The van der Waals surface area contributed by atoms with E-state index in [0.29, 0.717) is 11.3 Å². The van der Waals surface area contributed by atoms with E-state index in [1.54, 1.807) is 0 Å². The van der Waals surface area contributed by atoms with Gasteiger partial charge in [-0.2, -0.15) is 0 Å². The number of benzene rings is 4. The number of rotatable bonds is 10. The van der Waals surface area contributed by atoms with E-state index in [0.717, 1.165) is 12.8 Å². The molecule has 2 atom stereocenters. The third-order valence-corrected chi connectivity index (χ3v) is 13.1. The molecule has 3 heteroatoms. The van der Waals surface area contributed by atoms with E-state index in [-0.39, 0.29) is 5.54 Å². The fourth-order valence-corrected chi connectivity index (χ4v) is 11.4. The third-order valence-electron chi connectivity index (χ3n) is 7.15. The molecular formula is C32H37NP2. The quantitative estimate of drug-likeness (QED) is 0.248. The Morgan fingerprint density at radius 1 is 0.543 bits per heavy atom. The highest BCUT2D eigenvalue weighted by molar-refractivity contribution is 7.74. The van der Waals surface area contributed by atoms with Crippen LogP contribution >= 0.6 is 15.8 Å². The van der Waals surface area contributed by atoms with Gasteiger partial charge in [0.05, 0.1) is 0 Å². The molecule has 0 bridgehead atoms. The van der Waals surface area contributed by atoms with E-state index in [1.807, 2.05) is 0 Å². The third kappa shape index (κ3) is 5.76. The second-order valence-electron chi connectivity index (χ2n) is 9.30. The molecule has 0 aliphatic rings. The summed E-state index contributed by atoms with van der Waals surface area (Å²) < 4.78 is 0. The van der Waals surface area contributed by atoms with Crippen LogP contribution in [0.1, 0.15) is 33.6 Å². The van der Waals surface area contributed by atoms with Crippen molar-refractivity contribution in [2.75, 3.05) is 0 Å². The van der Waals surface area contributed by atoms with Gasteiger partial charge < -0.3 is 5.73 Å². The second-order valence-corrected chi connectivity index (χ2v) is 14.4. The molecule has 0 saturated carbocycles. The minimum absolute atomic E-state index is 0.315. The summed E-state index contributed by atoms with van der Waals surface area (Å²) in [5.41, 5.74) is 7.99. The molecule has 4 aromatic carbocycles. The van der Waals surface area contributed by atoms with Gasteiger partial charge in [-0.3, -0.25) is 0 Å². The van der Waals surface area contributed by atoms with Crippen molar-refractivity contribution in [1.82, 2.24) is 0 Å². The van der Waals surface area contributed by atoms with Crippen LogP contribution in [0.5, 0.6) is 0 Å².